The highest BCUT2D eigenvalue weighted by atomic mass is 16.2. The first-order valence-corrected chi connectivity index (χ1v) is 10.5. The van der Waals surface area contributed by atoms with Crippen LogP contribution in [0.1, 0.15) is 41.4 Å². The zero-order valence-electron chi connectivity index (χ0n) is 17.4. The maximum Gasteiger partial charge on any atom is 0.312 e. The van der Waals surface area contributed by atoms with Crippen LogP contribution < -0.4 is 5.32 Å². The van der Waals surface area contributed by atoms with Crippen molar-refractivity contribution in [2.45, 2.75) is 39.2 Å². The minimum atomic E-state index is -0.537. The third kappa shape index (κ3) is 4.08. The Labute approximate surface area is 175 Å². The summed E-state index contributed by atoms with van der Waals surface area (Å²) in [6.45, 7) is 5.56. The van der Waals surface area contributed by atoms with E-state index < -0.39 is 11.8 Å². The first kappa shape index (κ1) is 20.1. The molecular formula is C22H27N5O3. The molecule has 2 aromatic rings. The van der Waals surface area contributed by atoms with E-state index in [1.165, 1.54) is 10.5 Å². The third-order valence-corrected chi connectivity index (χ3v) is 5.67. The molecule has 30 heavy (non-hydrogen) atoms. The van der Waals surface area contributed by atoms with Gasteiger partial charge in [-0.05, 0) is 38.3 Å². The van der Waals surface area contributed by atoms with E-state index >= 15 is 0 Å². The molecule has 0 bridgehead atoms. The van der Waals surface area contributed by atoms with E-state index in [1.54, 1.807) is 11.1 Å². The highest BCUT2D eigenvalue weighted by Crippen LogP contribution is 2.20. The summed E-state index contributed by atoms with van der Waals surface area (Å²) < 4.78 is 1.81. The molecule has 8 nitrogen and oxygen atoms in total. The number of rotatable bonds is 4. The van der Waals surface area contributed by atoms with Crippen molar-refractivity contribution in [2.75, 3.05) is 26.2 Å². The van der Waals surface area contributed by atoms with Crippen molar-refractivity contribution in [1.29, 1.82) is 0 Å². The number of aryl methyl sites for hydroxylation is 1. The minimum absolute atomic E-state index is 0.0836. The van der Waals surface area contributed by atoms with Gasteiger partial charge in [-0.3, -0.25) is 14.4 Å². The number of hydrogen-bond acceptors (Lipinski definition) is 4. The summed E-state index contributed by atoms with van der Waals surface area (Å²) in [6.07, 6.45) is 4.19. The Hall–Kier alpha value is -3.16. The van der Waals surface area contributed by atoms with Gasteiger partial charge >= 0.3 is 11.8 Å². The van der Waals surface area contributed by atoms with Crippen molar-refractivity contribution >= 4 is 17.7 Å². The van der Waals surface area contributed by atoms with Crippen molar-refractivity contribution < 1.29 is 14.4 Å². The number of nitrogens with one attached hydrogen (secondary N) is 1. The van der Waals surface area contributed by atoms with E-state index in [4.69, 9.17) is 0 Å². The van der Waals surface area contributed by atoms with Gasteiger partial charge in [0, 0.05) is 32.2 Å². The van der Waals surface area contributed by atoms with E-state index in [-0.39, 0.29) is 11.9 Å². The lowest BCUT2D eigenvalue weighted by Crippen LogP contribution is -2.54. The smallest absolute Gasteiger partial charge is 0.312 e. The fraction of sp³-hybridized carbons (Fsp3) is 0.455. The number of amides is 3. The third-order valence-electron chi connectivity index (χ3n) is 5.67. The van der Waals surface area contributed by atoms with Gasteiger partial charge in [-0.15, -0.1) is 0 Å². The molecule has 2 heterocycles. The number of aromatic nitrogens is 2. The molecule has 0 radical (unpaired) electrons. The first-order chi connectivity index (χ1) is 14.5. The highest BCUT2D eigenvalue weighted by molar-refractivity contribution is 6.35. The number of benzene rings is 1. The predicted octanol–water partition coefficient (Wildman–Crippen LogP) is 1.31. The Morgan fingerprint density at radius 2 is 1.67 bits per heavy atom. The minimum Gasteiger partial charge on any atom is -0.345 e. The number of carbonyl (C=O) groups is 3. The lowest BCUT2D eigenvalue weighted by atomic mass is 10.1. The maximum atomic E-state index is 13.1. The van der Waals surface area contributed by atoms with Gasteiger partial charge in [-0.2, -0.15) is 5.10 Å². The topological polar surface area (TPSA) is 87.5 Å². The monoisotopic (exact) mass is 409 g/mol. The number of piperazine rings is 1. The van der Waals surface area contributed by atoms with Gasteiger partial charge in [0.1, 0.15) is 0 Å². The lowest BCUT2D eigenvalue weighted by molar-refractivity contribution is -0.146. The Bertz CT molecular complexity index is 954. The van der Waals surface area contributed by atoms with Crippen molar-refractivity contribution in [3.8, 4) is 5.69 Å². The van der Waals surface area contributed by atoms with Crippen LogP contribution in [0.25, 0.3) is 5.69 Å². The van der Waals surface area contributed by atoms with Gasteiger partial charge in [0.15, 0.2) is 0 Å². The second kappa shape index (κ2) is 8.30. The van der Waals surface area contributed by atoms with E-state index in [0.29, 0.717) is 38.2 Å². The highest BCUT2D eigenvalue weighted by Gasteiger charge is 2.32. The number of nitrogens with zero attached hydrogens (tertiary/aromatic N) is 4. The first-order valence-electron chi connectivity index (χ1n) is 10.5. The lowest BCUT2D eigenvalue weighted by Gasteiger charge is -2.34. The Morgan fingerprint density at radius 1 is 1.03 bits per heavy atom. The van der Waals surface area contributed by atoms with Crippen molar-refractivity contribution in [1.82, 2.24) is 24.9 Å². The van der Waals surface area contributed by atoms with Crippen LogP contribution in [0.4, 0.5) is 0 Å². The van der Waals surface area contributed by atoms with Crippen molar-refractivity contribution in [2.24, 2.45) is 0 Å². The van der Waals surface area contributed by atoms with Crippen LogP contribution in [-0.4, -0.2) is 69.5 Å². The average Bonchev–Trinajstić information content (AvgIpc) is 3.48. The normalized spacial score (nSPS) is 16.5. The molecule has 1 aliphatic heterocycles. The van der Waals surface area contributed by atoms with E-state index in [0.717, 1.165) is 24.2 Å². The van der Waals surface area contributed by atoms with Gasteiger partial charge in [0.25, 0.3) is 5.91 Å². The summed E-state index contributed by atoms with van der Waals surface area (Å²) in [6, 6.07) is 8.18. The molecule has 1 saturated heterocycles. The SMILES string of the molecule is CCc1c(C(=O)N2CCN(C(=O)C(=O)NC3CC3)CC2)cnn1-c1ccc(C)cc1. The maximum absolute atomic E-state index is 13.1. The second-order valence-corrected chi connectivity index (χ2v) is 7.94. The zero-order chi connectivity index (χ0) is 21.3. The fourth-order valence-corrected chi connectivity index (χ4v) is 3.70. The van der Waals surface area contributed by atoms with Crippen LogP contribution in [0.5, 0.6) is 0 Å². The van der Waals surface area contributed by atoms with Crippen molar-refractivity contribution in [3.63, 3.8) is 0 Å². The largest absolute Gasteiger partial charge is 0.345 e. The fourth-order valence-electron chi connectivity index (χ4n) is 3.70. The second-order valence-electron chi connectivity index (χ2n) is 7.94. The van der Waals surface area contributed by atoms with Crippen LogP contribution in [0, 0.1) is 6.92 Å². The Morgan fingerprint density at radius 3 is 2.27 bits per heavy atom. The molecule has 0 atom stereocenters. The molecule has 0 unspecified atom stereocenters. The molecule has 3 amide bonds. The molecule has 1 N–H and O–H groups in total. The summed E-state index contributed by atoms with van der Waals surface area (Å²) >= 11 is 0. The number of carbonyl (C=O) groups excluding carboxylic acids is 3. The summed E-state index contributed by atoms with van der Waals surface area (Å²) in [7, 11) is 0. The summed E-state index contributed by atoms with van der Waals surface area (Å²) in [5.41, 5.74) is 3.54. The van der Waals surface area contributed by atoms with Crippen LogP contribution in [0.15, 0.2) is 30.5 Å². The van der Waals surface area contributed by atoms with Gasteiger partial charge in [-0.25, -0.2) is 4.68 Å². The molecule has 1 aromatic heterocycles. The quantitative estimate of drug-likeness (QED) is 0.772. The van der Waals surface area contributed by atoms with Gasteiger partial charge in [0.05, 0.1) is 23.1 Å². The molecular weight excluding hydrogens is 382 g/mol. The van der Waals surface area contributed by atoms with E-state index in [1.807, 2.05) is 42.8 Å². The summed E-state index contributed by atoms with van der Waals surface area (Å²) in [4.78, 5) is 40.7. The summed E-state index contributed by atoms with van der Waals surface area (Å²) in [5, 5.41) is 7.18. The Balaban J connectivity index is 1.42. The molecule has 8 heteroatoms. The van der Waals surface area contributed by atoms with Gasteiger partial charge < -0.3 is 15.1 Å². The molecule has 4 rings (SSSR count). The molecule has 1 saturated carbocycles. The molecule has 0 spiro atoms. The van der Waals surface area contributed by atoms with Gasteiger partial charge in [-0.1, -0.05) is 24.6 Å². The molecule has 2 fully saturated rings. The van der Waals surface area contributed by atoms with Crippen LogP contribution in [0.2, 0.25) is 0 Å². The van der Waals surface area contributed by atoms with E-state index in [2.05, 4.69) is 10.4 Å². The molecule has 2 aliphatic rings. The summed E-state index contributed by atoms with van der Waals surface area (Å²) in [5.74, 6) is -1.12. The van der Waals surface area contributed by atoms with E-state index in [9.17, 15) is 14.4 Å². The standard InChI is InChI=1S/C22H27N5O3/c1-3-19-18(14-23-27(19)17-8-4-15(2)5-9-17)21(29)25-10-12-26(13-11-25)22(30)20(28)24-16-6-7-16/h4-5,8-9,14,16H,3,6-7,10-13H2,1-2H3,(H,24,28). The number of hydrogen-bond donors (Lipinski definition) is 1. The molecule has 1 aromatic carbocycles. The zero-order valence-corrected chi connectivity index (χ0v) is 17.4. The molecule has 1 aliphatic carbocycles. The molecule has 158 valence electrons. The predicted molar refractivity (Wildman–Crippen MR) is 111 cm³/mol. The van der Waals surface area contributed by atoms with Crippen LogP contribution >= 0.6 is 0 Å². The Kier molecular flexibility index (Phi) is 5.57. The van der Waals surface area contributed by atoms with Crippen LogP contribution in [-0.2, 0) is 16.0 Å². The van der Waals surface area contributed by atoms with Crippen molar-refractivity contribution in [3.05, 3.63) is 47.3 Å². The van der Waals surface area contributed by atoms with Crippen LogP contribution in [0.3, 0.4) is 0 Å². The van der Waals surface area contributed by atoms with Gasteiger partial charge in [0.2, 0.25) is 0 Å². The average molecular weight is 409 g/mol.